The molecule has 0 radical (unpaired) electrons. The maximum absolute atomic E-state index is 4.01. The largest absolute Gasteiger partial charge is 0.313 e. The van der Waals surface area contributed by atoms with E-state index in [0.29, 0.717) is 0 Å². The van der Waals surface area contributed by atoms with E-state index in [0.717, 1.165) is 29.2 Å². The second kappa shape index (κ2) is 5.06. The number of rotatable bonds is 3. The van der Waals surface area contributed by atoms with Crippen LogP contribution in [0.15, 0.2) is 0 Å². The summed E-state index contributed by atoms with van der Waals surface area (Å²) in [7, 11) is 0. The van der Waals surface area contributed by atoms with Gasteiger partial charge in [0.05, 0.1) is 0 Å². The van der Waals surface area contributed by atoms with E-state index in [9.17, 15) is 0 Å². The van der Waals surface area contributed by atoms with E-state index in [1.54, 1.807) is 44.9 Å². The third-order valence-electron chi connectivity index (χ3n) is 6.85. The van der Waals surface area contributed by atoms with Crippen molar-refractivity contribution in [3.05, 3.63) is 0 Å². The molecule has 2 atom stereocenters. The molecule has 0 aromatic heterocycles. The van der Waals surface area contributed by atoms with Gasteiger partial charge in [0.2, 0.25) is 0 Å². The van der Waals surface area contributed by atoms with Gasteiger partial charge < -0.3 is 5.32 Å². The molecule has 5 rings (SSSR count). The highest BCUT2D eigenvalue weighted by Gasteiger charge is 2.48. The lowest BCUT2D eigenvalue weighted by molar-refractivity contribution is 0.0316. The molecular weight excluding hydrogens is 230 g/mol. The Labute approximate surface area is 118 Å². The Hall–Kier alpha value is -0.0400. The first-order valence-electron chi connectivity index (χ1n) is 9.05. The van der Waals surface area contributed by atoms with E-state index < -0.39 is 0 Å². The fourth-order valence-corrected chi connectivity index (χ4v) is 6.25. The van der Waals surface area contributed by atoms with Gasteiger partial charge in [-0.2, -0.15) is 0 Å². The zero-order valence-electron chi connectivity index (χ0n) is 12.5. The molecule has 0 aromatic rings. The highest BCUT2D eigenvalue weighted by molar-refractivity contribution is 5.00. The van der Waals surface area contributed by atoms with Crippen LogP contribution < -0.4 is 5.32 Å². The van der Waals surface area contributed by atoms with Gasteiger partial charge in [-0.05, 0) is 68.1 Å². The molecule has 1 heteroatoms. The van der Waals surface area contributed by atoms with Gasteiger partial charge in [-0.3, -0.25) is 0 Å². The zero-order chi connectivity index (χ0) is 12.7. The van der Waals surface area contributed by atoms with Crippen molar-refractivity contribution < 1.29 is 0 Å². The third-order valence-corrected chi connectivity index (χ3v) is 6.85. The van der Waals surface area contributed by atoms with Crippen LogP contribution >= 0.6 is 0 Å². The lowest BCUT2D eigenvalue weighted by atomic mass is 9.58. The first-order valence-corrected chi connectivity index (χ1v) is 9.05. The van der Waals surface area contributed by atoms with Crippen LogP contribution in [-0.2, 0) is 0 Å². The van der Waals surface area contributed by atoms with E-state index in [4.69, 9.17) is 0 Å². The summed E-state index contributed by atoms with van der Waals surface area (Å²) in [5.41, 5.74) is 0.727. The highest BCUT2D eigenvalue weighted by Crippen LogP contribution is 2.57. The molecule has 1 N–H and O–H groups in total. The third kappa shape index (κ3) is 2.60. The number of nitrogens with one attached hydrogen (secondary N) is 1. The van der Waals surface area contributed by atoms with E-state index in [1.807, 2.05) is 0 Å². The maximum Gasteiger partial charge on any atom is 0.00672 e. The number of fused-ring (bicyclic) bond motifs is 1. The summed E-state index contributed by atoms with van der Waals surface area (Å²) in [4.78, 5) is 0. The fourth-order valence-electron chi connectivity index (χ4n) is 6.25. The minimum atomic E-state index is 0.727. The van der Waals surface area contributed by atoms with Gasteiger partial charge in [0, 0.05) is 12.6 Å². The Morgan fingerprint density at radius 1 is 0.737 bits per heavy atom. The second-order valence-corrected chi connectivity index (χ2v) is 8.48. The molecule has 108 valence electrons. The standard InChI is InChI=1S/C18H31N/c1-2-4-17(5-3-1)19-13-18-10-14-6-7-15(11-18)9-16(8-14)12-18/h14-17,19H,1-13H2/t14-,15-,16?,18?/m1/s1. The molecule has 4 bridgehead atoms. The van der Waals surface area contributed by atoms with Crippen molar-refractivity contribution in [3.8, 4) is 0 Å². The van der Waals surface area contributed by atoms with Crippen LogP contribution in [0.1, 0.15) is 77.0 Å². The summed E-state index contributed by atoms with van der Waals surface area (Å²) in [5, 5.41) is 4.01. The Kier molecular flexibility index (Phi) is 3.38. The topological polar surface area (TPSA) is 12.0 Å². The lowest BCUT2D eigenvalue weighted by Gasteiger charge is -2.49. The molecule has 5 fully saturated rings. The van der Waals surface area contributed by atoms with Crippen molar-refractivity contribution in [2.24, 2.45) is 23.2 Å². The summed E-state index contributed by atoms with van der Waals surface area (Å²) >= 11 is 0. The molecule has 5 saturated carbocycles. The normalized spacial score (nSPS) is 46.4. The molecule has 0 amide bonds. The Balaban J connectivity index is 1.41. The molecule has 5 aliphatic rings. The van der Waals surface area contributed by atoms with Crippen LogP contribution in [0.2, 0.25) is 0 Å². The van der Waals surface area contributed by atoms with Crippen LogP contribution in [0.5, 0.6) is 0 Å². The summed E-state index contributed by atoms with van der Waals surface area (Å²) in [6, 6.07) is 0.864. The predicted molar refractivity (Wildman–Crippen MR) is 80.1 cm³/mol. The van der Waals surface area contributed by atoms with Crippen molar-refractivity contribution in [2.75, 3.05) is 6.54 Å². The average Bonchev–Trinajstić information content (AvgIpc) is 2.64. The molecular formula is C18H31N. The Morgan fingerprint density at radius 3 is 2.05 bits per heavy atom. The minimum absolute atomic E-state index is 0.727. The zero-order valence-corrected chi connectivity index (χ0v) is 12.5. The van der Waals surface area contributed by atoms with E-state index in [2.05, 4.69) is 5.32 Å². The molecule has 1 nitrogen and oxygen atoms in total. The van der Waals surface area contributed by atoms with E-state index >= 15 is 0 Å². The van der Waals surface area contributed by atoms with Crippen molar-refractivity contribution in [1.29, 1.82) is 0 Å². The maximum atomic E-state index is 4.01. The first kappa shape index (κ1) is 12.7. The van der Waals surface area contributed by atoms with Crippen LogP contribution in [-0.4, -0.2) is 12.6 Å². The van der Waals surface area contributed by atoms with Gasteiger partial charge in [0.25, 0.3) is 0 Å². The van der Waals surface area contributed by atoms with E-state index in [1.165, 1.54) is 38.6 Å². The predicted octanol–water partition coefficient (Wildman–Crippen LogP) is 4.52. The van der Waals surface area contributed by atoms with Crippen molar-refractivity contribution in [1.82, 2.24) is 5.32 Å². The van der Waals surface area contributed by atoms with Gasteiger partial charge in [-0.15, -0.1) is 0 Å². The summed E-state index contributed by atoms with van der Waals surface area (Å²) in [6.45, 7) is 1.36. The number of hydrogen-bond donors (Lipinski definition) is 1. The Morgan fingerprint density at radius 2 is 1.37 bits per heavy atom. The minimum Gasteiger partial charge on any atom is -0.313 e. The highest BCUT2D eigenvalue weighted by atomic mass is 14.9. The smallest absolute Gasteiger partial charge is 0.00672 e. The second-order valence-electron chi connectivity index (χ2n) is 8.48. The monoisotopic (exact) mass is 261 g/mol. The Bertz CT molecular complexity index is 302. The van der Waals surface area contributed by atoms with Crippen LogP contribution in [0.25, 0.3) is 0 Å². The SMILES string of the molecule is C1CCC(NCC23CC4C[C@@H](CC[C@H](C4)C2)C3)CC1. The summed E-state index contributed by atoms with van der Waals surface area (Å²) in [6.07, 6.45) is 18.3. The lowest BCUT2D eigenvalue weighted by Crippen LogP contribution is -2.47. The van der Waals surface area contributed by atoms with Gasteiger partial charge in [0.1, 0.15) is 0 Å². The van der Waals surface area contributed by atoms with Gasteiger partial charge in [0.15, 0.2) is 0 Å². The summed E-state index contributed by atoms with van der Waals surface area (Å²) in [5.74, 6) is 3.30. The number of hydrogen-bond acceptors (Lipinski definition) is 1. The van der Waals surface area contributed by atoms with Crippen LogP contribution in [0.3, 0.4) is 0 Å². The van der Waals surface area contributed by atoms with Crippen LogP contribution in [0.4, 0.5) is 0 Å². The van der Waals surface area contributed by atoms with Crippen molar-refractivity contribution in [3.63, 3.8) is 0 Å². The molecule has 5 aliphatic carbocycles. The van der Waals surface area contributed by atoms with Gasteiger partial charge in [-0.1, -0.05) is 32.1 Å². The fraction of sp³-hybridized carbons (Fsp3) is 1.00. The average molecular weight is 261 g/mol. The molecule has 0 aliphatic heterocycles. The van der Waals surface area contributed by atoms with Gasteiger partial charge in [-0.25, -0.2) is 0 Å². The van der Waals surface area contributed by atoms with E-state index in [-0.39, 0.29) is 0 Å². The first-order chi connectivity index (χ1) is 9.31. The van der Waals surface area contributed by atoms with Crippen LogP contribution in [0, 0.1) is 23.2 Å². The summed E-state index contributed by atoms with van der Waals surface area (Å²) < 4.78 is 0. The van der Waals surface area contributed by atoms with Crippen molar-refractivity contribution in [2.45, 2.75) is 83.1 Å². The quantitative estimate of drug-likeness (QED) is 0.788. The van der Waals surface area contributed by atoms with Gasteiger partial charge >= 0.3 is 0 Å². The molecule has 0 unspecified atom stereocenters. The molecule has 19 heavy (non-hydrogen) atoms. The molecule has 0 aromatic carbocycles. The molecule has 0 heterocycles. The van der Waals surface area contributed by atoms with Crippen molar-refractivity contribution >= 4 is 0 Å². The molecule has 0 spiro atoms. The molecule has 0 saturated heterocycles.